The van der Waals surface area contributed by atoms with Crippen molar-refractivity contribution < 1.29 is 4.79 Å². The Morgan fingerprint density at radius 2 is 2.00 bits per heavy atom. The molecule has 0 aliphatic carbocycles. The van der Waals surface area contributed by atoms with Crippen molar-refractivity contribution in [3.63, 3.8) is 0 Å². The lowest BCUT2D eigenvalue weighted by molar-refractivity contribution is 0.125. The highest BCUT2D eigenvalue weighted by atomic mass is 16.2. The highest BCUT2D eigenvalue weighted by Crippen LogP contribution is 2.14. The van der Waals surface area contributed by atoms with Gasteiger partial charge in [-0.3, -0.25) is 0 Å². The number of amides is 2. The molecular formula is C13H20N4O. The van der Waals surface area contributed by atoms with Gasteiger partial charge in [0.1, 0.15) is 0 Å². The third kappa shape index (κ3) is 2.92. The second-order valence-electron chi connectivity index (χ2n) is 4.86. The molecule has 2 amide bonds. The lowest BCUT2D eigenvalue weighted by Crippen LogP contribution is -2.53. The lowest BCUT2D eigenvalue weighted by Gasteiger charge is -2.38. The highest BCUT2D eigenvalue weighted by molar-refractivity contribution is 5.89. The normalized spacial score (nSPS) is 20.8. The molecular weight excluding hydrogens is 228 g/mol. The number of nitrogens with zero attached hydrogens (tertiary/aromatic N) is 2. The van der Waals surface area contributed by atoms with E-state index in [4.69, 9.17) is 5.73 Å². The monoisotopic (exact) mass is 248 g/mol. The number of rotatable bonds is 1. The summed E-state index contributed by atoms with van der Waals surface area (Å²) in [5, 5.41) is 2.90. The minimum atomic E-state index is -0.0413. The number of nitrogens with one attached hydrogen (secondary N) is 1. The first-order valence-corrected chi connectivity index (χ1v) is 6.18. The van der Waals surface area contributed by atoms with Crippen molar-refractivity contribution >= 4 is 17.4 Å². The van der Waals surface area contributed by atoms with E-state index in [0.29, 0.717) is 5.69 Å². The van der Waals surface area contributed by atoms with Crippen LogP contribution in [0.5, 0.6) is 0 Å². The molecule has 1 atom stereocenters. The minimum Gasteiger partial charge on any atom is -0.399 e. The Morgan fingerprint density at radius 3 is 2.61 bits per heavy atom. The van der Waals surface area contributed by atoms with Gasteiger partial charge in [-0.15, -0.1) is 0 Å². The second kappa shape index (κ2) is 5.27. The van der Waals surface area contributed by atoms with E-state index in [1.165, 1.54) is 0 Å². The van der Waals surface area contributed by atoms with E-state index in [1.54, 1.807) is 12.1 Å². The Hall–Kier alpha value is -1.75. The predicted molar refractivity (Wildman–Crippen MR) is 73.5 cm³/mol. The lowest BCUT2D eigenvalue weighted by atomic mass is 10.2. The number of nitrogens with two attached hydrogens (primary N) is 1. The van der Waals surface area contributed by atoms with Crippen LogP contribution in [0, 0.1) is 0 Å². The Morgan fingerprint density at radius 1 is 1.33 bits per heavy atom. The Bertz CT molecular complexity index is 418. The van der Waals surface area contributed by atoms with E-state index in [9.17, 15) is 4.79 Å². The quantitative estimate of drug-likeness (QED) is 0.739. The molecule has 1 aliphatic heterocycles. The van der Waals surface area contributed by atoms with Crippen molar-refractivity contribution in [3.8, 4) is 0 Å². The first-order chi connectivity index (χ1) is 8.56. The van der Waals surface area contributed by atoms with Crippen LogP contribution in [-0.4, -0.2) is 48.6 Å². The second-order valence-corrected chi connectivity index (χ2v) is 4.86. The van der Waals surface area contributed by atoms with Crippen molar-refractivity contribution in [2.24, 2.45) is 0 Å². The number of nitrogen functional groups attached to an aromatic ring is 1. The fourth-order valence-electron chi connectivity index (χ4n) is 2.20. The molecule has 0 spiro atoms. The van der Waals surface area contributed by atoms with Crippen LogP contribution in [0.2, 0.25) is 0 Å². The van der Waals surface area contributed by atoms with Crippen LogP contribution < -0.4 is 11.1 Å². The van der Waals surface area contributed by atoms with Crippen molar-refractivity contribution in [2.45, 2.75) is 13.0 Å². The van der Waals surface area contributed by atoms with Gasteiger partial charge < -0.3 is 20.9 Å². The van der Waals surface area contributed by atoms with Crippen LogP contribution in [0.15, 0.2) is 24.3 Å². The van der Waals surface area contributed by atoms with E-state index < -0.39 is 0 Å². The molecule has 5 heteroatoms. The largest absolute Gasteiger partial charge is 0.399 e. The van der Waals surface area contributed by atoms with Gasteiger partial charge in [-0.05, 0) is 38.2 Å². The number of benzene rings is 1. The molecule has 1 unspecified atom stereocenters. The average Bonchev–Trinajstić information content (AvgIpc) is 2.32. The summed E-state index contributed by atoms with van der Waals surface area (Å²) < 4.78 is 0. The first kappa shape index (κ1) is 12.7. The van der Waals surface area contributed by atoms with Gasteiger partial charge in [-0.2, -0.15) is 0 Å². The minimum absolute atomic E-state index is 0.0413. The van der Waals surface area contributed by atoms with E-state index >= 15 is 0 Å². The van der Waals surface area contributed by atoms with Crippen LogP contribution in [0.3, 0.4) is 0 Å². The van der Waals surface area contributed by atoms with Gasteiger partial charge in [-0.1, -0.05) is 0 Å². The van der Waals surface area contributed by atoms with Crippen LogP contribution in [0.4, 0.5) is 16.2 Å². The van der Waals surface area contributed by atoms with Gasteiger partial charge in [0.15, 0.2) is 0 Å². The Kier molecular flexibility index (Phi) is 3.72. The van der Waals surface area contributed by atoms with Crippen LogP contribution in [0.1, 0.15) is 6.92 Å². The maximum atomic E-state index is 12.1. The third-order valence-corrected chi connectivity index (χ3v) is 3.25. The van der Waals surface area contributed by atoms with Gasteiger partial charge in [0.05, 0.1) is 0 Å². The topological polar surface area (TPSA) is 61.6 Å². The van der Waals surface area contributed by atoms with E-state index in [2.05, 4.69) is 24.2 Å². The summed E-state index contributed by atoms with van der Waals surface area (Å²) in [5.74, 6) is 0. The summed E-state index contributed by atoms with van der Waals surface area (Å²) in [6.45, 7) is 4.66. The number of likely N-dealkylation sites (N-methyl/N-ethyl adjacent to an activating group) is 1. The summed E-state index contributed by atoms with van der Waals surface area (Å²) in [6, 6.07) is 7.38. The number of piperazine rings is 1. The molecule has 1 aromatic carbocycles. The van der Waals surface area contributed by atoms with E-state index in [-0.39, 0.29) is 12.1 Å². The molecule has 3 N–H and O–H groups in total. The average molecular weight is 248 g/mol. The maximum Gasteiger partial charge on any atom is 0.322 e. The molecule has 5 nitrogen and oxygen atoms in total. The summed E-state index contributed by atoms with van der Waals surface area (Å²) in [6.07, 6.45) is 0. The van der Waals surface area contributed by atoms with Crippen LogP contribution >= 0.6 is 0 Å². The summed E-state index contributed by atoms with van der Waals surface area (Å²) in [5.41, 5.74) is 7.08. The van der Waals surface area contributed by atoms with Crippen molar-refractivity contribution in [3.05, 3.63) is 24.3 Å². The Labute approximate surface area is 108 Å². The zero-order chi connectivity index (χ0) is 13.1. The molecule has 0 aromatic heterocycles. The molecule has 1 saturated heterocycles. The SMILES string of the molecule is CC1CN(C)CCN1C(=O)Nc1ccc(N)cc1. The molecule has 2 rings (SSSR count). The Balaban J connectivity index is 1.97. The predicted octanol–water partition coefficient (Wildman–Crippen LogP) is 1.44. The van der Waals surface area contributed by atoms with Gasteiger partial charge >= 0.3 is 6.03 Å². The molecule has 1 heterocycles. The van der Waals surface area contributed by atoms with Crippen LogP contribution in [-0.2, 0) is 0 Å². The van der Waals surface area contributed by atoms with Gasteiger partial charge in [-0.25, -0.2) is 4.79 Å². The summed E-state index contributed by atoms with van der Waals surface area (Å²) in [4.78, 5) is 16.2. The summed E-state index contributed by atoms with van der Waals surface area (Å²) >= 11 is 0. The molecule has 18 heavy (non-hydrogen) atoms. The molecule has 1 fully saturated rings. The molecule has 1 aliphatic rings. The molecule has 1 aromatic rings. The fraction of sp³-hybridized carbons (Fsp3) is 0.462. The number of anilines is 2. The van der Waals surface area contributed by atoms with E-state index in [0.717, 1.165) is 25.3 Å². The van der Waals surface area contributed by atoms with Crippen molar-refractivity contribution in [2.75, 3.05) is 37.7 Å². The van der Waals surface area contributed by atoms with Crippen molar-refractivity contribution in [1.29, 1.82) is 0 Å². The zero-order valence-corrected chi connectivity index (χ0v) is 10.9. The number of carbonyl (C=O) groups excluding carboxylic acids is 1. The molecule has 0 radical (unpaired) electrons. The smallest absolute Gasteiger partial charge is 0.322 e. The standard InChI is InChI=1S/C13H20N4O/c1-10-9-16(2)7-8-17(10)13(18)15-12-5-3-11(14)4-6-12/h3-6,10H,7-9,14H2,1-2H3,(H,15,18). The van der Waals surface area contributed by atoms with Gasteiger partial charge in [0.25, 0.3) is 0 Å². The number of urea groups is 1. The molecule has 98 valence electrons. The van der Waals surface area contributed by atoms with Gasteiger partial charge in [0, 0.05) is 37.1 Å². The zero-order valence-electron chi connectivity index (χ0n) is 10.9. The van der Waals surface area contributed by atoms with Gasteiger partial charge in [0.2, 0.25) is 0 Å². The number of hydrogen-bond acceptors (Lipinski definition) is 3. The molecule has 0 saturated carbocycles. The number of hydrogen-bond donors (Lipinski definition) is 2. The van der Waals surface area contributed by atoms with Crippen molar-refractivity contribution in [1.82, 2.24) is 9.80 Å². The van der Waals surface area contributed by atoms with Crippen LogP contribution in [0.25, 0.3) is 0 Å². The fourth-order valence-corrected chi connectivity index (χ4v) is 2.20. The van der Waals surface area contributed by atoms with E-state index in [1.807, 2.05) is 17.0 Å². The third-order valence-electron chi connectivity index (χ3n) is 3.25. The maximum absolute atomic E-state index is 12.1. The summed E-state index contributed by atoms with van der Waals surface area (Å²) in [7, 11) is 2.08. The molecule has 0 bridgehead atoms. The number of carbonyl (C=O) groups is 1. The highest BCUT2D eigenvalue weighted by Gasteiger charge is 2.25. The first-order valence-electron chi connectivity index (χ1n) is 6.18.